The number of para-hydroxylation sites is 1. The highest BCUT2D eigenvalue weighted by Gasteiger charge is 2.24. The molecule has 3 aromatic rings. The van der Waals surface area contributed by atoms with Gasteiger partial charge < -0.3 is 15.0 Å². The first-order chi connectivity index (χ1) is 17.4. The summed E-state index contributed by atoms with van der Waals surface area (Å²) in [7, 11) is 0. The average Bonchev–Trinajstić information content (AvgIpc) is 2.88. The van der Waals surface area contributed by atoms with Gasteiger partial charge in [0.15, 0.2) is 6.61 Å². The standard InChI is InChI=1S/C27H28N4O5/c1-20-6-5-9-24(26(20)31(34)35)27(33)36-19-25(32)28-22-10-12-23(13-11-22)30-16-14-29(15-17-30)18-21-7-3-2-4-8-21/h2-13H,14-19H2,1H3,(H,28,32). The molecule has 0 bridgehead atoms. The number of nitro benzene ring substituents is 1. The second-order valence-electron chi connectivity index (χ2n) is 8.65. The molecule has 36 heavy (non-hydrogen) atoms. The Kier molecular flexibility index (Phi) is 7.92. The number of amides is 1. The van der Waals surface area contributed by atoms with E-state index in [0.717, 1.165) is 38.4 Å². The second-order valence-corrected chi connectivity index (χ2v) is 8.65. The SMILES string of the molecule is Cc1cccc(C(=O)OCC(=O)Nc2ccc(N3CCN(Cc4ccccc4)CC3)cc2)c1[N+](=O)[O-]. The van der Waals surface area contributed by atoms with Gasteiger partial charge in [0, 0.05) is 49.7 Å². The van der Waals surface area contributed by atoms with Crippen molar-refractivity contribution in [1.82, 2.24) is 4.90 Å². The molecule has 0 aliphatic carbocycles. The molecule has 1 fully saturated rings. The fourth-order valence-corrected chi connectivity index (χ4v) is 4.23. The zero-order valence-corrected chi connectivity index (χ0v) is 20.1. The number of aryl methyl sites for hydroxylation is 1. The lowest BCUT2D eigenvalue weighted by molar-refractivity contribution is -0.385. The van der Waals surface area contributed by atoms with Crippen molar-refractivity contribution in [1.29, 1.82) is 0 Å². The number of esters is 1. The third kappa shape index (κ3) is 6.25. The molecule has 9 nitrogen and oxygen atoms in total. The summed E-state index contributed by atoms with van der Waals surface area (Å²) < 4.78 is 5.01. The van der Waals surface area contributed by atoms with Crippen molar-refractivity contribution in [3.05, 3.63) is 99.6 Å². The van der Waals surface area contributed by atoms with E-state index in [1.165, 1.54) is 30.7 Å². The molecular formula is C27H28N4O5. The number of nitrogens with zero attached hydrogens (tertiary/aromatic N) is 3. The van der Waals surface area contributed by atoms with Crippen molar-refractivity contribution < 1.29 is 19.2 Å². The molecule has 186 valence electrons. The monoisotopic (exact) mass is 488 g/mol. The lowest BCUT2D eigenvalue weighted by Gasteiger charge is -2.36. The Bertz CT molecular complexity index is 1220. The van der Waals surface area contributed by atoms with E-state index >= 15 is 0 Å². The highest BCUT2D eigenvalue weighted by Crippen LogP contribution is 2.24. The summed E-state index contributed by atoms with van der Waals surface area (Å²) in [6.45, 7) is 5.71. The largest absolute Gasteiger partial charge is 0.452 e. The van der Waals surface area contributed by atoms with E-state index in [4.69, 9.17) is 4.74 Å². The van der Waals surface area contributed by atoms with Crippen LogP contribution in [-0.2, 0) is 16.1 Å². The Morgan fingerprint density at radius 1 is 0.944 bits per heavy atom. The van der Waals surface area contributed by atoms with Crippen LogP contribution < -0.4 is 10.2 Å². The lowest BCUT2D eigenvalue weighted by Crippen LogP contribution is -2.45. The minimum Gasteiger partial charge on any atom is -0.452 e. The molecule has 0 saturated carbocycles. The van der Waals surface area contributed by atoms with Crippen LogP contribution in [0.1, 0.15) is 21.5 Å². The van der Waals surface area contributed by atoms with Crippen LogP contribution in [0, 0.1) is 17.0 Å². The molecule has 0 unspecified atom stereocenters. The Balaban J connectivity index is 1.25. The smallest absolute Gasteiger partial charge is 0.345 e. The summed E-state index contributed by atoms with van der Waals surface area (Å²) >= 11 is 0. The predicted molar refractivity (Wildman–Crippen MR) is 137 cm³/mol. The van der Waals surface area contributed by atoms with Gasteiger partial charge in [-0.25, -0.2) is 4.79 Å². The zero-order chi connectivity index (χ0) is 25.5. The van der Waals surface area contributed by atoms with Gasteiger partial charge in [-0.3, -0.25) is 19.8 Å². The minimum atomic E-state index is -0.915. The van der Waals surface area contributed by atoms with Crippen LogP contribution in [0.2, 0.25) is 0 Å². The van der Waals surface area contributed by atoms with E-state index in [1.54, 1.807) is 12.1 Å². The number of carbonyl (C=O) groups excluding carboxylic acids is 2. The number of nitro groups is 1. The third-order valence-electron chi connectivity index (χ3n) is 6.11. The number of anilines is 2. The molecule has 1 amide bonds. The van der Waals surface area contributed by atoms with Crippen LogP contribution in [0.15, 0.2) is 72.8 Å². The molecule has 0 spiro atoms. The number of hydrogen-bond acceptors (Lipinski definition) is 7. The highest BCUT2D eigenvalue weighted by atomic mass is 16.6. The number of hydrogen-bond donors (Lipinski definition) is 1. The first-order valence-corrected chi connectivity index (χ1v) is 11.7. The number of benzene rings is 3. The van der Waals surface area contributed by atoms with Crippen LogP contribution in [0.5, 0.6) is 0 Å². The molecule has 0 aromatic heterocycles. The van der Waals surface area contributed by atoms with Crippen LogP contribution in [0.4, 0.5) is 17.1 Å². The predicted octanol–water partition coefficient (Wildman–Crippen LogP) is 4.02. The quantitative estimate of drug-likeness (QED) is 0.290. The van der Waals surface area contributed by atoms with E-state index in [2.05, 4.69) is 39.4 Å². The summed E-state index contributed by atoms with van der Waals surface area (Å²) in [5, 5.41) is 14.0. The lowest BCUT2D eigenvalue weighted by atomic mass is 10.1. The van der Waals surface area contributed by atoms with Gasteiger partial charge in [-0.15, -0.1) is 0 Å². The van der Waals surface area contributed by atoms with Crippen LogP contribution in [-0.4, -0.2) is 54.5 Å². The van der Waals surface area contributed by atoms with Crippen LogP contribution >= 0.6 is 0 Å². The van der Waals surface area contributed by atoms with Gasteiger partial charge in [0.05, 0.1) is 4.92 Å². The first-order valence-electron chi connectivity index (χ1n) is 11.7. The van der Waals surface area contributed by atoms with Gasteiger partial charge in [-0.1, -0.05) is 42.5 Å². The number of ether oxygens (including phenoxy) is 1. The molecule has 0 atom stereocenters. The Morgan fingerprint density at radius 2 is 1.64 bits per heavy atom. The highest BCUT2D eigenvalue weighted by molar-refractivity contribution is 5.97. The summed E-state index contributed by atoms with van der Waals surface area (Å²) in [6, 6.07) is 22.3. The fourth-order valence-electron chi connectivity index (χ4n) is 4.23. The number of carbonyl (C=O) groups is 2. The molecule has 4 rings (SSSR count). The molecule has 9 heteroatoms. The average molecular weight is 489 g/mol. The summed E-state index contributed by atoms with van der Waals surface area (Å²) in [5.41, 5.74) is 2.81. The van der Waals surface area contributed by atoms with Crippen molar-refractivity contribution in [2.45, 2.75) is 13.5 Å². The minimum absolute atomic E-state index is 0.180. The van der Waals surface area contributed by atoms with Gasteiger partial charge >= 0.3 is 5.97 Å². The Hall–Kier alpha value is -4.24. The summed E-state index contributed by atoms with van der Waals surface area (Å²) in [5.74, 6) is -1.44. The number of piperazine rings is 1. The molecule has 0 radical (unpaired) electrons. The van der Waals surface area contributed by atoms with Crippen LogP contribution in [0.25, 0.3) is 0 Å². The Labute approximate surface area is 209 Å². The molecule has 1 heterocycles. The molecule has 1 saturated heterocycles. The molecule has 1 aliphatic rings. The van der Waals surface area contributed by atoms with E-state index in [-0.39, 0.29) is 11.3 Å². The maximum Gasteiger partial charge on any atom is 0.345 e. The van der Waals surface area contributed by atoms with Gasteiger partial charge in [0.1, 0.15) is 5.56 Å². The fraction of sp³-hybridized carbons (Fsp3) is 0.259. The summed E-state index contributed by atoms with van der Waals surface area (Å²) in [6.07, 6.45) is 0. The van der Waals surface area contributed by atoms with E-state index in [1.807, 2.05) is 18.2 Å². The van der Waals surface area contributed by atoms with Crippen molar-refractivity contribution in [3.63, 3.8) is 0 Å². The molecular weight excluding hydrogens is 460 g/mol. The topological polar surface area (TPSA) is 105 Å². The maximum atomic E-state index is 12.3. The van der Waals surface area contributed by atoms with Gasteiger partial charge in [-0.2, -0.15) is 0 Å². The van der Waals surface area contributed by atoms with Crippen molar-refractivity contribution in [3.8, 4) is 0 Å². The normalized spacial score (nSPS) is 13.8. The third-order valence-corrected chi connectivity index (χ3v) is 6.11. The van der Waals surface area contributed by atoms with E-state index < -0.39 is 23.4 Å². The summed E-state index contributed by atoms with van der Waals surface area (Å²) in [4.78, 5) is 40.0. The zero-order valence-electron chi connectivity index (χ0n) is 20.1. The molecule has 1 N–H and O–H groups in total. The second kappa shape index (κ2) is 11.5. The van der Waals surface area contributed by atoms with Gasteiger partial charge in [-0.05, 0) is 42.8 Å². The Morgan fingerprint density at radius 3 is 2.31 bits per heavy atom. The first kappa shape index (κ1) is 24.9. The van der Waals surface area contributed by atoms with Crippen LogP contribution in [0.3, 0.4) is 0 Å². The van der Waals surface area contributed by atoms with Crippen molar-refractivity contribution in [2.75, 3.05) is 43.0 Å². The molecule has 3 aromatic carbocycles. The van der Waals surface area contributed by atoms with E-state index in [0.29, 0.717) is 11.3 Å². The van der Waals surface area contributed by atoms with Gasteiger partial charge in [0.2, 0.25) is 0 Å². The number of rotatable bonds is 8. The van der Waals surface area contributed by atoms with Crippen molar-refractivity contribution in [2.24, 2.45) is 0 Å². The maximum absolute atomic E-state index is 12.3. The number of nitrogens with one attached hydrogen (secondary N) is 1. The van der Waals surface area contributed by atoms with E-state index in [9.17, 15) is 19.7 Å². The van der Waals surface area contributed by atoms with Crippen molar-refractivity contribution >= 4 is 28.9 Å². The molecule has 1 aliphatic heterocycles. The van der Waals surface area contributed by atoms with Gasteiger partial charge in [0.25, 0.3) is 11.6 Å².